The van der Waals surface area contributed by atoms with Gasteiger partial charge in [-0.15, -0.1) is 0 Å². The summed E-state index contributed by atoms with van der Waals surface area (Å²) in [6.45, 7) is 21.5. The molecule has 0 fully saturated rings. The summed E-state index contributed by atoms with van der Waals surface area (Å²) in [5.74, 6) is 0. The van der Waals surface area contributed by atoms with Gasteiger partial charge in [0.15, 0.2) is 0 Å². The number of rotatable bonds is 15. The maximum atomic E-state index is 10.8. The second kappa shape index (κ2) is 40.8. The molecule has 0 aliphatic carbocycles. The number of likely N-dealkylation sites (N-methyl/N-ethyl adjacent to an activating group) is 5. The van der Waals surface area contributed by atoms with Gasteiger partial charge in [-0.2, -0.15) is 0 Å². The molecule has 0 saturated heterocycles. The van der Waals surface area contributed by atoms with Crippen molar-refractivity contribution in [2.24, 2.45) is 0 Å². The van der Waals surface area contributed by atoms with Gasteiger partial charge in [-0.3, -0.25) is 24.9 Å². The van der Waals surface area contributed by atoms with Crippen LogP contribution in [0.25, 0.3) is 54.5 Å². The summed E-state index contributed by atoms with van der Waals surface area (Å²) in [5, 5.41) is 62.6. The highest BCUT2D eigenvalue weighted by molar-refractivity contribution is 6.32. The molecule has 20 rings (SSSR count). The molecular formula is C104H120Cl3N15O5. The summed E-state index contributed by atoms with van der Waals surface area (Å²) in [6.07, 6.45) is 21.3. The number of hydrogen-bond acceptors (Lipinski definition) is 15. The molecule has 15 aromatic rings. The van der Waals surface area contributed by atoms with Crippen LogP contribution < -0.4 is 0 Å². The Morgan fingerprint density at radius 2 is 0.535 bits per heavy atom. The standard InChI is InChI=1S/C22H27N3O.C21H24ClN3O.C21H25N3O.2C20H22ClN3O/c1-15-4-7-20-19(12-15)18-8-10-24(3)11-9-21(18)25(20)14-22(26)17-6-5-16(2)23-13-17;1-14-3-4-15(12-23-14)21(26)13-25-19-6-5-16(22)11-18(19)17-7-9-24(2)10-8-20(17)25;1-15-5-6-19-18(12-15)17-7-10-23(2)11-8-20(17)24(19)14-21(25)16-4-3-9-22-13-16;1-23-10-6-16-17-12-15(21)2-3-18(17)24(19(16)7-11-23)13-20(25)14-4-8-22-9-5-14;1-23-9-6-16-17-11-15(21)4-5-18(17)24(19(16)7-10-23)13-20(25)14-3-2-8-22-12-14/h4-7,12-13,22,26H,8-11,14H2,1-3H3;3-6,11-12,21,26H,7-10,13H2,1-2H3;3-6,9,12-13,21,25H,7-8,10-11,14H2,1-2H3;2-5,8-9,12,20,25H,6-7,10-11,13H2,1H3;2-5,8,11-12,20,25H,6-7,9-10,13H2,1H3. The van der Waals surface area contributed by atoms with Gasteiger partial charge >= 0.3 is 0 Å². The van der Waals surface area contributed by atoms with Gasteiger partial charge in [-0.1, -0.05) is 82.3 Å². The molecule has 5 atom stereocenters. The zero-order chi connectivity index (χ0) is 88.7. The van der Waals surface area contributed by atoms with Crippen LogP contribution in [0.5, 0.6) is 0 Å². The topological polar surface area (TPSA) is 206 Å². The van der Waals surface area contributed by atoms with Crippen molar-refractivity contribution in [3.8, 4) is 0 Å². The number of benzene rings is 5. The van der Waals surface area contributed by atoms with Gasteiger partial charge < -0.3 is 72.9 Å². The number of fused-ring (bicyclic) bond motifs is 15. The number of aromatic nitrogens is 10. The van der Waals surface area contributed by atoms with Gasteiger partial charge in [0.1, 0.15) is 0 Å². The number of aliphatic hydroxyl groups excluding tert-OH is 5. The summed E-state index contributed by atoms with van der Waals surface area (Å²) in [6, 6.07) is 50.8. The van der Waals surface area contributed by atoms with Crippen molar-refractivity contribution in [2.45, 2.75) is 155 Å². The summed E-state index contributed by atoms with van der Waals surface area (Å²) >= 11 is 18.8. The lowest BCUT2D eigenvalue weighted by molar-refractivity contribution is 0.156. The number of pyridine rings is 5. The monoisotopic (exact) mass is 1760 g/mol. The van der Waals surface area contributed by atoms with Gasteiger partial charge in [-0.05, 0) is 244 Å². The molecule has 5 N–H and O–H groups in total. The Morgan fingerprint density at radius 1 is 0.276 bits per heavy atom. The van der Waals surface area contributed by atoms with Crippen LogP contribution in [0.2, 0.25) is 15.1 Å². The lowest BCUT2D eigenvalue weighted by Crippen LogP contribution is -2.21. The first-order valence-corrected chi connectivity index (χ1v) is 46.1. The average molecular weight is 1770 g/mol. The Bertz CT molecular complexity index is 5780. The zero-order valence-electron chi connectivity index (χ0n) is 74.7. The molecule has 15 heterocycles. The van der Waals surface area contributed by atoms with E-state index in [2.05, 4.69) is 194 Å². The smallest absolute Gasteiger partial charge is 0.0983 e. The Balaban J connectivity index is 0.000000117. The van der Waals surface area contributed by atoms with Crippen LogP contribution in [0.1, 0.15) is 137 Å². The van der Waals surface area contributed by atoms with E-state index in [-0.39, 0.29) is 0 Å². The molecule has 0 saturated carbocycles. The van der Waals surface area contributed by atoms with Crippen LogP contribution >= 0.6 is 34.8 Å². The maximum Gasteiger partial charge on any atom is 0.0983 e. The Kier molecular flexibility index (Phi) is 29.0. The number of nitrogens with zero attached hydrogens (tertiary/aromatic N) is 15. The van der Waals surface area contributed by atoms with Gasteiger partial charge in [0, 0.05) is 279 Å². The van der Waals surface area contributed by atoms with E-state index in [1.54, 1.807) is 49.6 Å². The molecule has 0 spiro atoms. The highest BCUT2D eigenvalue weighted by atomic mass is 35.5. The van der Waals surface area contributed by atoms with Crippen LogP contribution in [0.4, 0.5) is 0 Å². The quantitative estimate of drug-likeness (QED) is 0.0647. The number of hydrogen-bond donors (Lipinski definition) is 5. The van der Waals surface area contributed by atoms with Gasteiger partial charge in [0.2, 0.25) is 0 Å². The van der Waals surface area contributed by atoms with Gasteiger partial charge in [0.05, 0.1) is 63.2 Å². The number of halogens is 3. The molecule has 662 valence electrons. The molecule has 5 unspecified atom stereocenters. The molecular weight excluding hydrogens is 1650 g/mol. The van der Waals surface area contributed by atoms with E-state index in [9.17, 15) is 25.5 Å². The minimum atomic E-state index is -0.584. The third-order valence-electron chi connectivity index (χ3n) is 26.6. The van der Waals surface area contributed by atoms with E-state index in [0.717, 1.165) is 200 Å². The number of aliphatic hydroxyl groups is 5. The van der Waals surface area contributed by atoms with Crippen LogP contribution in [0.15, 0.2) is 201 Å². The van der Waals surface area contributed by atoms with Gasteiger partial charge in [0.25, 0.3) is 0 Å². The van der Waals surface area contributed by atoms with E-state index >= 15 is 0 Å². The minimum absolute atomic E-state index is 0.530. The molecule has 5 aliphatic heterocycles. The third kappa shape index (κ3) is 20.8. The highest BCUT2D eigenvalue weighted by Gasteiger charge is 2.30. The Labute approximate surface area is 760 Å². The van der Waals surface area contributed by atoms with E-state index in [1.807, 2.05) is 92.7 Å². The highest BCUT2D eigenvalue weighted by Crippen LogP contribution is 2.40. The molecule has 0 amide bonds. The first-order valence-electron chi connectivity index (χ1n) is 44.9. The molecule has 127 heavy (non-hydrogen) atoms. The van der Waals surface area contributed by atoms with Gasteiger partial charge in [-0.25, -0.2) is 0 Å². The summed E-state index contributed by atoms with van der Waals surface area (Å²) in [5.41, 5.74) is 28.6. The Hall–Kier alpha value is -9.98. The Morgan fingerprint density at radius 3 is 0.803 bits per heavy atom. The van der Waals surface area contributed by atoms with Crippen molar-refractivity contribution in [3.05, 3.63) is 323 Å². The minimum Gasteiger partial charge on any atom is -0.387 e. The largest absolute Gasteiger partial charge is 0.387 e. The fourth-order valence-corrected chi connectivity index (χ4v) is 19.9. The maximum absolute atomic E-state index is 10.8. The van der Waals surface area contributed by atoms with Crippen LogP contribution in [-0.4, -0.2) is 198 Å². The molecule has 5 aliphatic rings. The van der Waals surface area contributed by atoms with Crippen molar-refractivity contribution < 1.29 is 25.5 Å². The lowest BCUT2D eigenvalue weighted by Gasteiger charge is -2.17. The van der Waals surface area contributed by atoms with Crippen LogP contribution in [0, 0.1) is 27.7 Å². The fraction of sp³-hybridized carbons (Fsp3) is 0.375. The summed E-state index contributed by atoms with van der Waals surface area (Å²) < 4.78 is 11.5. The second-order valence-electron chi connectivity index (χ2n) is 35.6. The third-order valence-corrected chi connectivity index (χ3v) is 27.3. The predicted octanol–water partition coefficient (Wildman–Crippen LogP) is 17.2. The SMILES string of the molecule is CN1CCc2c(n(CC(O)c3cccnc3)c3ccc(Cl)cc23)CC1.CN1CCc2c(n(CC(O)c3ccncc3)c3ccc(Cl)cc23)CC1.Cc1ccc(C(O)Cn2c3c(c4cc(Cl)ccc42)CCN(C)CC3)cn1.Cc1ccc2c(c1)c1c(n2CC(O)c2ccc(C)nc2)CCN(C)CC1.Cc1ccc2c(c1)c1c(n2CC(O)c2cccnc2)CCN(C)CC1. The second-order valence-corrected chi connectivity index (χ2v) is 36.9. The van der Waals surface area contributed by atoms with Crippen molar-refractivity contribution in [2.75, 3.05) is 101 Å². The average Bonchev–Trinajstić information content (AvgIpc) is 1.64. The molecule has 20 nitrogen and oxygen atoms in total. The van der Waals surface area contributed by atoms with Crippen LogP contribution in [-0.2, 0) is 96.9 Å². The van der Waals surface area contributed by atoms with E-state index in [1.165, 1.54) is 105 Å². The van der Waals surface area contributed by atoms with Crippen molar-refractivity contribution in [1.29, 1.82) is 0 Å². The normalized spacial score (nSPS) is 16.5. The molecule has 5 aromatic carbocycles. The summed E-state index contributed by atoms with van der Waals surface area (Å²) in [4.78, 5) is 32.8. The fourth-order valence-electron chi connectivity index (χ4n) is 19.4. The van der Waals surface area contributed by atoms with Crippen molar-refractivity contribution >= 4 is 89.3 Å². The molecule has 0 radical (unpaired) electrons. The lowest BCUT2D eigenvalue weighted by atomic mass is 10.1. The summed E-state index contributed by atoms with van der Waals surface area (Å²) in [7, 11) is 10.9. The van der Waals surface area contributed by atoms with Crippen molar-refractivity contribution in [3.63, 3.8) is 0 Å². The molecule has 0 bridgehead atoms. The van der Waals surface area contributed by atoms with E-state index in [0.29, 0.717) is 32.7 Å². The molecule has 23 heteroatoms. The first-order chi connectivity index (χ1) is 61.4. The number of aryl methyl sites for hydroxylation is 4. The van der Waals surface area contributed by atoms with Crippen molar-refractivity contribution in [1.82, 2.24) is 72.3 Å². The zero-order valence-corrected chi connectivity index (χ0v) is 77.0. The first kappa shape index (κ1) is 90.4. The van der Waals surface area contributed by atoms with E-state index in [4.69, 9.17) is 34.8 Å². The van der Waals surface area contributed by atoms with Crippen LogP contribution in [0.3, 0.4) is 0 Å². The predicted molar refractivity (Wildman–Crippen MR) is 514 cm³/mol. The molecule has 10 aromatic heterocycles. The van der Waals surface area contributed by atoms with E-state index < -0.39 is 30.5 Å².